The van der Waals surface area contributed by atoms with E-state index in [0.29, 0.717) is 5.75 Å². The number of hydrogen-bond acceptors (Lipinski definition) is 8. The van der Waals surface area contributed by atoms with Crippen LogP contribution in [0.15, 0.2) is 105 Å². The quantitative estimate of drug-likeness (QED) is 0.237. The molecule has 210 valence electrons. The topological polar surface area (TPSA) is 156 Å². The number of sulfonamides is 2. The molecule has 10 nitrogen and oxygen atoms in total. The number of phenolic OH excluding ortho intramolecular Hbond substituents is 1. The number of aromatic hydroxyl groups is 1. The standard InChI is InChI=1S/C27H26N2O8S3/c1-18-4-10-22(11-5-18)39(33,34)28-24-16-26(30)27(38(31,32)21-14-8-20(37-3)9-15-21)17-25(24)29-40(35,36)23-12-6-19(2)7-13-23/h4-17,28-30H,1-3H3. The Labute approximate surface area is 233 Å². The van der Waals surface area contributed by atoms with Gasteiger partial charge in [0.05, 0.1) is 33.2 Å². The summed E-state index contributed by atoms with van der Waals surface area (Å²) in [6.07, 6.45) is 0. The van der Waals surface area contributed by atoms with Crippen LogP contribution in [0.3, 0.4) is 0 Å². The lowest BCUT2D eigenvalue weighted by molar-refractivity contribution is 0.414. The van der Waals surface area contributed by atoms with Gasteiger partial charge in [-0.25, -0.2) is 25.3 Å². The van der Waals surface area contributed by atoms with E-state index in [2.05, 4.69) is 9.44 Å². The summed E-state index contributed by atoms with van der Waals surface area (Å²) in [7, 11) is -11.5. The number of sulfone groups is 1. The highest BCUT2D eigenvalue weighted by atomic mass is 32.2. The molecule has 0 heterocycles. The fourth-order valence-corrected chi connectivity index (χ4v) is 7.17. The van der Waals surface area contributed by atoms with Crippen LogP contribution in [-0.4, -0.2) is 37.5 Å². The number of ether oxygens (including phenoxy) is 1. The average Bonchev–Trinajstić information content (AvgIpc) is 2.90. The monoisotopic (exact) mass is 602 g/mol. The van der Waals surface area contributed by atoms with Crippen LogP contribution < -0.4 is 14.2 Å². The first-order valence-corrected chi connectivity index (χ1v) is 16.1. The summed E-state index contributed by atoms with van der Waals surface area (Å²) >= 11 is 0. The highest BCUT2D eigenvalue weighted by Gasteiger charge is 2.27. The molecule has 4 rings (SSSR count). The predicted octanol–water partition coefficient (Wildman–Crippen LogP) is 4.45. The van der Waals surface area contributed by atoms with E-state index in [-0.39, 0.29) is 20.4 Å². The SMILES string of the molecule is COc1ccc(S(=O)(=O)c2cc(NS(=O)(=O)c3ccc(C)cc3)c(NS(=O)(=O)c3ccc(C)cc3)cc2O)cc1. The maximum atomic E-state index is 13.4. The second-order valence-corrected chi connectivity index (χ2v) is 14.2. The van der Waals surface area contributed by atoms with Gasteiger partial charge in [-0.15, -0.1) is 0 Å². The number of anilines is 2. The summed E-state index contributed by atoms with van der Waals surface area (Å²) in [6.45, 7) is 3.56. The molecule has 3 N–H and O–H groups in total. The first kappa shape index (κ1) is 28.9. The van der Waals surface area contributed by atoms with Crippen molar-refractivity contribution in [1.29, 1.82) is 0 Å². The Morgan fingerprint density at radius 1 is 0.600 bits per heavy atom. The molecule has 4 aromatic carbocycles. The zero-order chi connectivity index (χ0) is 29.3. The van der Waals surface area contributed by atoms with Crippen molar-refractivity contribution in [2.75, 3.05) is 16.6 Å². The molecular formula is C27H26N2O8S3. The first-order valence-electron chi connectivity index (χ1n) is 11.7. The smallest absolute Gasteiger partial charge is 0.261 e. The van der Waals surface area contributed by atoms with Gasteiger partial charge >= 0.3 is 0 Å². The minimum absolute atomic E-state index is 0.125. The molecule has 40 heavy (non-hydrogen) atoms. The molecule has 0 saturated carbocycles. The van der Waals surface area contributed by atoms with Crippen LogP contribution in [0.5, 0.6) is 11.5 Å². The van der Waals surface area contributed by atoms with Gasteiger partial charge in [0.1, 0.15) is 16.4 Å². The molecule has 0 aliphatic heterocycles. The fraction of sp³-hybridized carbons (Fsp3) is 0.111. The number of benzene rings is 4. The van der Waals surface area contributed by atoms with Crippen LogP contribution in [-0.2, 0) is 29.9 Å². The molecule has 0 unspecified atom stereocenters. The van der Waals surface area contributed by atoms with Gasteiger partial charge in [-0.05, 0) is 68.4 Å². The molecular weight excluding hydrogens is 577 g/mol. The third-order valence-corrected chi connectivity index (χ3v) is 10.5. The molecule has 0 fully saturated rings. The number of phenols is 1. The normalized spacial score (nSPS) is 12.1. The van der Waals surface area contributed by atoms with Crippen molar-refractivity contribution in [3.8, 4) is 11.5 Å². The molecule has 0 aliphatic carbocycles. The van der Waals surface area contributed by atoms with Crippen molar-refractivity contribution in [2.24, 2.45) is 0 Å². The lowest BCUT2D eigenvalue weighted by atomic mass is 10.2. The van der Waals surface area contributed by atoms with Gasteiger partial charge < -0.3 is 9.84 Å². The second kappa shape index (κ2) is 10.8. The third-order valence-electron chi connectivity index (χ3n) is 5.91. The van der Waals surface area contributed by atoms with Gasteiger partial charge in [-0.2, -0.15) is 0 Å². The Bertz CT molecular complexity index is 1870. The largest absolute Gasteiger partial charge is 0.506 e. The van der Waals surface area contributed by atoms with Crippen molar-refractivity contribution < 1.29 is 35.1 Å². The van der Waals surface area contributed by atoms with E-state index in [1.54, 1.807) is 38.1 Å². The van der Waals surface area contributed by atoms with Crippen LogP contribution in [0.4, 0.5) is 11.4 Å². The molecule has 0 aromatic heterocycles. The van der Waals surface area contributed by atoms with E-state index in [4.69, 9.17) is 4.74 Å². The molecule has 0 spiro atoms. The van der Waals surface area contributed by atoms with E-state index in [1.165, 1.54) is 55.6 Å². The van der Waals surface area contributed by atoms with Gasteiger partial charge in [0.25, 0.3) is 20.0 Å². The fourth-order valence-electron chi connectivity index (χ4n) is 3.68. The number of hydrogen-bond donors (Lipinski definition) is 3. The van der Waals surface area contributed by atoms with Crippen LogP contribution >= 0.6 is 0 Å². The maximum Gasteiger partial charge on any atom is 0.261 e. The molecule has 0 aliphatic rings. The molecule has 4 aromatic rings. The predicted molar refractivity (Wildman–Crippen MR) is 151 cm³/mol. The number of aryl methyl sites for hydroxylation is 2. The summed E-state index contributed by atoms with van der Waals surface area (Å²) in [4.78, 5) is -1.11. The van der Waals surface area contributed by atoms with Crippen molar-refractivity contribution in [3.63, 3.8) is 0 Å². The van der Waals surface area contributed by atoms with Gasteiger partial charge in [-0.3, -0.25) is 9.44 Å². The van der Waals surface area contributed by atoms with E-state index >= 15 is 0 Å². The van der Waals surface area contributed by atoms with E-state index in [1.807, 2.05) is 0 Å². The number of methoxy groups -OCH3 is 1. The summed E-state index contributed by atoms with van der Waals surface area (Å²) in [5, 5.41) is 10.7. The molecule has 0 radical (unpaired) electrons. The summed E-state index contributed by atoms with van der Waals surface area (Å²) in [5.41, 5.74) is 0.822. The molecule has 13 heteroatoms. The Hall–Kier alpha value is -4.07. The van der Waals surface area contributed by atoms with Crippen molar-refractivity contribution in [2.45, 2.75) is 33.4 Å². The van der Waals surface area contributed by atoms with Crippen LogP contribution in [0.25, 0.3) is 0 Å². The molecule has 0 atom stereocenters. The highest BCUT2D eigenvalue weighted by Crippen LogP contribution is 2.38. The van der Waals surface area contributed by atoms with Gasteiger partial charge in [-0.1, -0.05) is 35.4 Å². The summed E-state index contributed by atoms with van der Waals surface area (Å²) in [5.74, 6) is -0.397. The summed E-state index contributed by atoms with van der Waals surface area (Å²) < 4.78 is 89.0. The average molecular weight is 603 g/mol. The van der Waals surface area contributed by atoms with E-state index in [9.17, 15) is 30.4 Å². The maximum absolute atomic E-state index is 13.4. The lowest BCUT2D eigenvalue weighted by Crippen LogP contribution is -2.18. The van der Waals surface area contributed by atoms with Crippen LogP contribution in [0.2, 0.25) is 0 Å². The van der Waals surface area contributed by atoms with Gasteiger partial charge in [0.15, 0.2) is 0 Å². The van der Waals surface area contributed by atoms with Gasteiger partial charge in [0.2, 0.25) is 9.84 Å². The second-order valence-electron chi connectivity index (χ2n) is 8.88. The van der Waals surface area contributed by atoms with Crippen molar-refractivity contribution >= 4 is 41.3 Å². The Balaban J connectivity index is 1.85. The third kappa shape index (κ3) is 6.06. The Kier molecular flexibility index (Phi) is 7.83. The first-order chi connectivity index (χ1) is 18.7. The van der Waals surface area contributed by atoms with Crippen molar-refractivity contribution in [1.82, 2.24) is 0 Å². The minimum atomic E-state index is -4.38. The lowest BCUT2D eigenvalue weighted by Gasteiger charge is -2.17. The van der Waals surface area contributed by atoms with Crippen LogP contribution in [0, 0.1) is 13.8 Å². The van der Waals surface area contributed by atoms with Gasteiger partial charge in [0, 0.05) is 6.07 Å². The highest BCUT2D eigenvalue weighted by molar-refractivity contribution is 7.93. The number of rotatable bonds is 9. The Morgan fingerprint density at radius 3 is 1.43 bits per heavy atom. The number of nitrogens with one attached hydrogen (secondary N) is 2. The van der Waals surface area contributed by atoms with Crippen molar-refractivity contribution in [3.05, 3.63) is 96.1 Å². The van der Waals surface area contributed by atoms with E-state index in [0.717, 1.165) is 23.3 Å². The minimum Gasteiger partial charge on any atom is -0.506 e. The zero-order valence-electron chi connectivity index (χ0n) is 21.6. The van der Waals surface area contributed by atoms with E-state index < -0.39 is 46.2 Å². The molecule has 0 amide bonds. The Morgan fingerprint density at radius 2 is 1.00 bits per heavy atom. The zero-order valence-corrected chi connectivity index (χ0v) is 24.1. The summed E-state index contributed by atoms with van der Waals surface area (Å²) in [6, 6.07) is 18.8. The molecule has 0 saturated heterocycles. The molecule has 0 bridgehead atoms. The van der Waals surface area contributed by atoms with Crippen LogP contribution in [0.1, 0.15) is 11.1 Å².